The van der Waals surface area contributed by atoms with Gasteiger partial charge in [-0.05, 0) is 30.9 Å². The molecule has 0 saturated carbocycles. The Morgan fingerprint density at radius 2 is 2.43 bits per heavy atom. The first-order chi connectivity index (χ1) is 6.77. The standard InChI is InChI=1S/C11H19N3/c1-8(2)10-7-13-14-11(10)6-9-4-3-5-12-9/h7-9,12H,3-6H2,1-2H3,(H,13,14). The Morgan fingerprint density at radius 3 is 3.07 bits per heavy atom. The minimum Gasteiger partial charge on any atom is -0.314 e. The maximum absolute atomic E-state index is 4.13. The summed E-state index contributed by atoms with van der Waals surface area (Å²) in [7, 11) is 0. The Kier molecular flexibility index (Phi) is 2.87. The number of aromatic amines is 1. The first-order valence-corrected chi connectivity index (χ1v) is 5.53. The quantitative estimate of drug-likeness (QED) is 0.769. The number of hydrogen-bond acceptors (Lipinski definition) is 2. The van der Waals surface area contributed by atoms with E-state index < -0.39 is 0 Å². The average Bonchev–Trinajstić information content (AvgIpc) is 2.75. The van der Waals surface area contributed by atoms with Crippen LogP contribution in [0.5, 0.6) is 0 Å². The second-order valence-corrected chi connectivity index (χ2v) is 4.46. The largest absolute Gasteiger partial charge is 0.314 e. The Hall–Kier alpha value is -0.830. The molecule has 0 bridgehead atoms. The highest BCUT2D eigenvalue weighted by Crippen LogP contribution is 2.20. The lowest BCUT2D eigenvalue weighted by molar-refractivity contribution is 0.589. The van der Waals surface area contributed by atoms with Crippen molar-refractivity contribution in [3.05, 3.63) is 17.5 Å². The summed E-state index contributed by atoms with van der Waals surface area (Å²) in [6.45, 7) is 5.61. The highest BCUT2D eigenvalue weighted by atomic mass is 15.1. The van der Waals surface area contributed by atoms with Crippen LogP contribution in [0.1, 0.15) is 43.9 Å². The minimum absolute atomic E-state index is 0.574. The van der Waals surface area contributed by atoms with Gasteiger partial charge < -0.3 is 5.32 Å². The molecule has 1 aromatic rings. The third-order valence-electron chi connectivity index (χ3n) is 2.99. The van der Waals surface area contributed by atoms with Gasteiger partial charge in [-0.3, -0.25) is 5.10 Å². The molecule has 2 heterocycles. The summed E-state index contributed by atoms with van der Waals surface area (Å²) >= 11 is 0. The van der Waals surface area contributed by atoms with Crippen molar-refractivity contribution in [3.8, 4) is 0 Å². The molecule has 1 atom stereocenters. The normalized spacial score (nSPS) is 22.1. The number of rotatable bonds is 3. The van der Waals surface area contributed by atoms with Gasteiger partial charge in [0.25, 0.3) is 0 Å². The highest BCUT2D eigenvalue weighted by molar-refractivity contribution is 5.21. The van der Waals surface area contributed by atoms with Crippen molar-refractivity contribution in [2.45, 2.75) is 45.1 Å². The van der Waals surface area contributed by atoms with Crippen LogP contribution >= 0.6 is 0 Å². The summed E-state index contributed by atoms with van der Waals surface area (Å²) in [6.07, 6.45) is 5.69. The zero-order valence-corrected chi connectivity index (χ0v) is 9.01. The maximum Gasteiger partial charge on any atom is 0.0524 e. The van der Waals surface area contributed by atoms with Crippen LogP contribution in [-0.4, -0.2) is 22.8 Å². The van der Waals surface area contributed by atoms with Crippen molar-refractivity contribution in [2.75, 3.05) is 6.54 Å². The van der Waals surface area contributed by atoms with Crippen LogP contribution in [0, 0.1) is 0 Å². The molecule has 2 rings (SSSR count). The summed E-state index contributed by atoms with van der Waals surface area (Å²) in [4.78, 5) is 0. The third kappa shape index (κ3) is 1.98. The minimum atomic E-state index is 0.574. The highest BCUT2D eigenvalue weighted by Gasteiger charge is 2.17. The summed E-state index contributed by atoms with van der Waals surface area (Å²) in [6, 6.07) is 0.660. The summed E-state index contributed by atoms with van der Waals surface area (Å²) in [5.41, 5.74) is 2.69. The monoisotopic (exact) mass is 193 g/mol. The van der Waals surface area contributed by atoms with Gasteiger partial charge >= 0.3 is 0 Å². The molecule has 1 fully saturated rings. The van der Waals surface area contributed by atoms with E-state index in [-0.39, 0.29) is 0 Å². The zero-order valence-electron chi connectivity index (χ0n) is 9.01. The van der Waals surface area contributed by atoms with Gasteiger partial charge in [0.2, 0.25) is 0 Å². The molecule has 78 valence electrons. The van der Waals surface area contributed by atoms with Gasteiger partial charge in [-0.15, -0.1) is 0 Å². The zero-order chi connectivity index (χ0) is 9.97. The number of aromatic nitrogens is 2. The SMILES string of the molecule is CC(C)c1cn[nH]c1CC1CCCN1. The predicted octanol–water partition coefficient (Wildman–Crippen LogP) is 1.83. The van der Waals surface area contributed by atoms with Gasteiger partial charge in [0, 0.05) is 18.2 Å². The fourth-order valence-electron chi connectivity index (χ4n) is 2.16. The van der Waals surface area contributed by atoms with Crippen LogP contribution in [0.15, 0.2) is 6.20 Å². The van der Waals surface area contributed by atoms with Crippen LogP contribution in [0.4, 0.5) is 0 Å². The van der Waals surface area contributed by atoms with Gasteiger partial charge in [-0.2, -0.15) is 5.10 Å². The molecule has 1 aromatic heterocycles. The molecule has 3 heteroatoms. The van der Waals surface area contributed by atoms with Crippen LogP contribution in [0.25, 0.3) is 0 Å². The summed E-state index contributed by atoms with van der Waals surface area (Å²) in [5, 5.41) is 10.8. The van der Waals surface area contributed by atoms with Crippen LogP contribution < -0.4 is 5.32 Å². The van der Waals surface area contributed by atoms with Crippen molar-refractivity contribution >= 4 is 0 Å². The molecule has 1 saturated heterocycles. The molecule has 2 N–H and O–H groups in total. The van der Waals surface area contributed by atoms with E-state index in [1.165, 1.54) is 30.6 Å². The molecule has 0 spiro atoms. The molecule has 0 aliphatic carbocycles. The molecule has 14 heavy (non-hydrogen) atoms. The van der Waals surface area contributed by atoms with Crippen molar-refractivity contribution in [1.82, 2.24) is 15.5 Å². The number of nitrogens with zero attached hydrogens (tertiary/aromatic N) is 1. The summed E-state index contributed by atoms with van der Waals surface area (Å²) in [5.74, 6) is 0.574. The Morgan fingerprint density at radius 1 is 1.57 bits per heavy atom. The van der Waals surface area contributed by atoms with E-state index in [1.54, 1.807) is 0 Å². The molecule has 0 aromatic carbocycles. The predicted molar refractivity (Wildman–Crippen MR) is 57.4 cm³/mol. The topological polar surface area (TPSA) is 40.7 Å². The second-order valence-electron chi connectivity index (χ2n) is 4.46. The number of nitrogens with one attached hydrogen (secondary N) is 2. The molecular weight excluding hydrogens is 174 g/mol. The van der Waals surface area contributed by atoms with E-state index in [0.717, 1.165) is 6.42 Å². The summed E-state index contributed by atoms with van der Waals surface area (Å²) < 4.78 is 0. The number of H-pyrrole nitrogens is 1. The lowest BCUT2D eigenvalue weighted by atomic mass is 10.00. The van der Waals surface area contributed by atoms with Crippen molar-refractivity contribution in [2.24, 2.45) is 0 Å². The van der Waals surface area contributed by atoms with Crippen molar-refractivity contribution in [3.63, 3.8) is 0 Å². The first-order valence-electron chi connectivity index (χ1n) is 5.53. The van der Waals surface area contributed by atoms with Gasteiger partial charge in [0.15, 0.2) is 0 Å². The van der Waals surface area contributed by atoms with Gasteiger partial charge in [-0.25, -0.2) is 0 Å². The molecule has 0 radical (unpaired) electrons. The third-order valence-corrected chi connectivity index (χ3v) is 2.99. The number of hydrogen-bond donors (Lipinski definition) is 2. The van der Waals surface area contributed by atoms with Crippen LogP contribution in [0.3, 0.4) is 0 Å². The molecule has 3 nitrogen and oxygen atoms in total. The van der Waals surface area contributed by atoms with E-state index in [4.69, 9.17) is 0 Å². The van der Waals surface area contributed by atoms with Gasteiger partial charge in [0.1, 0.15) is 0 Å². The second kappa shape index (κ2) is 4.13. The van der Waals surface area contributed by atoms with Crippen LogP contribution in [0.2, 0.25) is 0 Å². The van der Waals surface area contributed by atoms with Crippen molar-refractivity contribution in [1.29, 1.82) is 0 Å². The van der Waals surface area contributed by atoms with Crippen LogP contribution in [-0.2, 0) is 6.42 Å². The smallest absolute Gasteiger partial charge is 0.0524 e. The molecular formula is C11H19N3. The first kappa shape index (κ1) is 9.71. The average molecular weight is 193 g/mol. The van der Waals surface area contributed by atoms with E-state index >= 15 is 0 Å². The van der Waals surface area contributed by atoms with Gasteiger partial charge in [0.05, 0.1) is 6.20 Å². The van der Waals surface area contributed by atoms with E-state index in [9.17, 15) is 0 Å². The maximum atomic E-state index is 4.13. The van der Waals surface area contributed by atoms with E-state index in [2.05, 4.69) is 29.4 Å². The van der Waals surface area contributed by atoms with Gasteiger partial charge in [-0.1, -0.05) is 13.8 Å². The molecule has 1 aliphatic heterocycles. The molecule has 1 unspecified atom stereocenters. The fraction of sp³-hybridized carbons (Fsp3) is 0.727. The Labute approximate surface area is 85.3 Å². The lowest BCUT2D eigenvalue weighted by Crippen LogP contribution is -2.24. The lowest BCUT2D eigenvalue weighted by Gasteiger charge is -2.11. The Balaban J connectivity index is 2.04. The van der Waals surface area contributed by atoms with E-state index in [0.29, 0.717) is 12.0 Å². The van der Waals surface area contributed by atoms with Crippen molar-refractivity contribution < 1.29 is 0 Å². The molecule has 0 amide bonds. The molecule has 1 aliphatic rings. The van der Waals surface area contributed by atoms with E-state index in [1.807, 2.05) is 6.20 Å². The Bertz CT molecular complexity index is 284. The fourth-order valence-corrected chi connectivity index (χ4v) is 2.16.